The standard InChI is InChI=1S/C41H72O5Si2/c1-17-33-24-25-34-31(21-20-26-40(33,34)12)22-23-32-27-41(46-48(15,16)38(8,9)10,43-29-36(42)44-39(11,18-2)19-3)28-35(30(32)4)45-47(13,14)37(5,6)7/h22-24,34-35H,4,17-21,25-29H2,1-3,5-16H3/t34-,35+,40-,41-/m1/s1. The van der Waals surface area contributed by atoms with Crippen LogP contribution in [0.2, 0.25) is 36.3 Å². The minimum atomic E-state index is -2.37. The molecule has 0 aliphatic heterocycles. The topological polar surface area (TPSA) is 54.0 Å². The van der Waals surface area contributed by atoms with Crippen LogP contribution in [0.1, 0.15) is 134 Å². The largest absolute Gasteiger partial charge is 0.458 e. The quantitative estimate of drug-likeness (QED) is 0.0878. The predicted molar refractivity (Wildman–Crippen MR) is 207 cm³/mol. The Labute approximate surface area is 297 Å². The maximum absolute atomic E-state index is 13.4. The summed E-state index contributed by atoms with van der Waals surface area (Å²) in [6, 6.07) is 0. The van der Waals surface area contributed by atoms with Gasteiger partial charge in [0.05, 0.1) is 6.10 Å². The van der Waals surface area contributed by atoms with Crippen molar-refractivity contribution in [3.05, 3.63) is 47.1 Å². The molecule has 2 fully saturated rings. The summed E-state index contributed by atoms with van der Waals surface area (Å²) in [5.74, 6) is -0.832. The number of allylic oxidation sites excluding steroid dienone is 5. The second kappa shape index (κ2) is 14.8. The maximum Gasteiger partial charge on any atom is 0.332 e. The van der Waals surface area contributed by atoms with Gasteiger partial charge in [0.1, 0.15) is 12.2 Å². The van der Waals surface area contributed by atoms with Gasteiger partial charge in [-0.05, 0) is 111 Å². The van der Waals surface area contributed by atoms with Gasteiger partial charge >= 0.3 is 5.97 Å². The molecular weight excluding hydrogens is 629 g/mol. The van der Waals surface area contributed by atoms with Gasteiger partial charge in [0, 0.05) is 12.8 Å². The van der Waals surface area contributed by atoms with Crippen molar-refractivity contribution in [2.24, 2.45) is 11.3 Å². The van der Waals surface area contributed by atoms with E-state index in [0.717, 1.165) is 43.3 Å². The van der Waals surface area contributed by atoms with Crippen molar-refractivity contribution in [2.45, 2.75) is 188 Å². The molecule has 4 atom stereocenters. The molecule has 0 bridgehead atoms. The minimum Gasteiger partial charge on any atom is -0.458 e. The number of rotatable bonds is 12. The SMILES string of the molecule is C=C1C(=CC=C2CCC[C@]3(C)C(CC)=CC[C@H]23)C[C@@](OCC(=O)OC(C)(CC)CC)(O[Si](C)(C)C(C)(C)C)C[C@@H]1O[Si](C)(C)C(C)(C)C. The number of esters is 1. The van der Waals surface area contributed by atoms with Crippen molar-refractivity contribution in [1.29, 1.82) is 0 Å². The van der Waals surface area contributed by atoms with Crippen molar-refractivity contribution < 1.29 is 23.1 Å². The van der Waals surface area contributed by atoms with E-state index < -0.39 is 28.0 Å². The third-order valence-electron chi connectivity index (χ3n) is 13.1. The number of hydrogen-bond donors (Lipinski definition) is 0. The van der Waals surface area contributed by atoms with E-state index in [0.29, 0.717) is 18.8 Å². The summed E-state index contributed by atoms with van der Waals surface area (Å²) >= 11 is 0. The zero-order chi connectivity index (χ0) is 36.6. The molecule has 0 aromatic carbocycles. The van der Waals surface area contributed by atoms with Crippen LogP contribution in [-0.4, -0.2) is 46.7 Å². The normalized spacial score (nSPS) is 29.3. The van der Waals surface area contributed by atoms with Crippen LogP contribution >= 0.6 is 0 Å². The Kier molecular flexibility index (Phi) is 12.7. The number of carbonyl (C=O) groups is 1. The zero-order valence-corrected chi connectivity index (χ0v) is 35.7. The molecule has 0 amide bonds. The van der Waals surface area contributed by atoms with Crippen LogP contribution in [0.4, 0.5) is 0 Å². The van der Waals surface area contributed by atoms with Crippen molar-refractivity contribution in [2.75, 3.05) is 6.61 Å². The van der Waals surface area contributed by atoms with Gasteiger partial charge in [-0.1, -0.05) is 105 Å². The molecule has 274 valence electrons. The molecule has 0 aromatic heterocycles. The lowest BCUT2D eigenvalue weighted by Crippen LogP contribution is -2.56. The molecule has 3 aliphatic rings. The highest BCUT2D eigenvalue weighted by Gasteiger charge is 2.52. The Bertz CT molecular complexity index is 1270. The molecule has 5 nitrogen and oxygen atoms in total. The average Bonchev–Trinajstić information content (AvgIpc) is 3.32. The highest BCUT2D eigenvalue weighted by molar-refractivity contribution is 6.74. The first kappa shape index (κ1) is 41.2. The second-order valence-corrected chi connectivity index (χ2v) is 28.0. The van der Waals surface area contributed by atoms with Crippen LogP contribution in [-0.2, 0) is 23.1 Å². The third-order valence-corrected chi connectivity index (χ3v) is 22.1. The summed E-state index contributed by atoms with van der Waals surface area (Å²) in [5, 5.41) is -0.0318. The second-order valence-electron chi connectivity index (χ2n) is 18.5. The van der Waals surface area contributed by atoms with Crippen molar-refractivity contribution in [3.63, 3.8) is 0 Å². The van der Waals surface area contributed by atoms with E-state index in [1.165, 1.54) is 18.4 Å². The van der Waals surface area contributed by atoms with Gasteiger partial charge in [-0.15, -0.1) is 0 Å². The molecule has 0 spiro atoms. The summed E-state index contributed by atoms with van der Waals surface area (Å²) in [5.41, 5.74) is 5.03. The van der Waals surface area contributed by atoms with E-state index in [1.807, 2.05) is 6.92 Å². The first-order chi connectivity index (χ1) is 21.9. The fourth-order valence-electron chi connectivity index (χ4n) is 7.29. The van der Waals surface area contributed by atoms with Crippen molar-refractivity contribution in [1.82, 2.24) is 0 Å². The molecule has 0 heterocycles. The van der Waals surface area contributed by atoms with Crippen LogP contribution in [0, 0.1) is 11.3 Å². The Morgan fingerprint density at radius 2 is 1.58 bits per heavy atom. The Balaban J connectivity index is 2.11. The van der Waals surface area contributed by atoms with Crippen LogP contribution in [0.25, 0.3) is 0 Å². The van der Waals surface area contributed by atoms with E-state index in [1.54, 1.807) is 5.57 Å². The van der Waals surface area contributed by atoms with Gasteiger partial charge in [0.15, 0.2) is 22.4 Å². The Hall–Kier alpha value is -1.26. The summed E-state index contributed by atoms with van der Waals surface area (Å²) in [6.45, 7) is 38.1. The minimum absolute atomic E-state index is 0.0218. The smallest absolute Gasteiger partial charge is 0.332 e. The lowest BCUT2D eigenvalue weighted by atomic mass is 9.64. The predicted octanol–water partition coefficient (Wildman–Crippen LogP) is 12.0. The molecule has 7 heteroatoms. The maximum atomic E-state index is 13.4. The average molecular weight is 701 g/mol. The van der Waals surface area contributed by atoms with Gasteiger partial charge in [-0.3, -0.25) is 0 Å². The number of hydrogen-bond acceptors (Lipinski definition) is 5. The lowest BCUT2D eigenvalue weighted by Gasteiger charge is -2.51. The Morgan fingerprint density at radius 1 is 0.979 bits per heavy atom. The third kappa shape index (κ3) is 8.96. The van der Waals surface area contributed by atoms with E-state index in [9.17, 15) is 4.79 Å². The molecule has 0 N–H and O–H groups in total. The zero-order valence-electron chi connectivity index (χ0n) is 33.7. The molecule has 0 aromatic rings. The van der Waals surface area contributed by atoms with E-state index in [4.69, 9.17) is 18.3 Å². The van der Waals surface area contributed by atoms with E-state index >= 15 is 0 Å². The van der Waals surface area contributed by atoms with Crippen molar-refractivity contribution in [3.8, 4) is 0 Å². The fraction of sp³-hybridized carbons (Fsp3) is 0.780. The molecule has 0 radical (unpaired) electrons. The molecule has 0 saturated heterocycles. The summed E-state index contributed by atoms with van der Waals surface area (Å²) in [7, 11) is -4.57. The van der Waals surface area contributed by atoms with E-state index in [2.05, 4.69) is 120 Å². The first-order valence-corrected chi connectivity index (χ1v) is 24.7. The highest BCUT2D eigenvalue weighted by atomic mass is 28.4. The van der Waals surface area contributed by atoms with Gasteiger partial charge in [-0.25, -0.2) is 4.79 Å². The van der Waals surface area contributed by atoms with E-state index in [-0.39, 0.29) is 34.2 Å². The summed E-state index contributed by atoms with van der Waals surface area (Å²) < 4.78 is 27.3. The molecule has 0 unspecified atom stereocenters. The lowest BCUT2D eigenvalue weighted by molar-refractivity contribution is -0.219. The number of fused-ring (bicyclic) bond motifs is 1. The van der Waals surface area contributed by atoms with Crippen molar-refractivity contribution >= 4 is 22.6 Å². The van der Waals surface area contributed by atoms with Crippen LogP contribution in [0.15, 0.2) is 47.1 Å². The number of ether oxygens (including phenoxy) is 2. The van der Waals surface area contributed by atoms with Gasteiger partial charge in [0.25, 0.3) is 0 Å². The molecule has 3 aliphatic carbocycles. The molecule has 2 saturated carbocycles. The monoisotopic (exact) mass is 700 g/mol. The number of carbonyl (C=O) groups excluding carboxylic acids is 1. The Morgan fingerprint density at radius 3 is 2.12 bits per heavy atom. The molecule has 48 heavy (non-hydrogen) atoms. The summed E-state index contributed by atoms with van der Waals surface area (Å²) in [6.07, 6.45) is 15.3. The fourth-order valence-corrected chi connectivity index (χ4v) is 10.0. The van der Waals surface area contributed by atoms with Crippen LogP contribution in [0.3, 0.4) is 0 Å². The summed E-state index contributed by atoms with van der Waals surface area (Å²) in [4.78, 5) is 13.4. The van der Waals surface area contributed by atoms with Gasteiger partial charge in [-0.2, -0.15) is 0 Å². The van der Waals surface area contributed by atoms with Crippen LogP contribution < -0.4 is 0 Å². The van der Waals surface area contributed by atoms with Gasteiger partial charge in [0.2, 0.25) is 0 Å². The van der Waals surface area contributed by atoms with Gasteiger partial charge < -0.3 is 18.3 Å². The molecular formula is C41H72O5Si2. The van der Waals surface area contributed by atoms with Crippen LogP contribution in [0.5, 0.6) is 0 Å². The molecule has 3 rings (SSSR count). The first-order valence-electron chi connectivity index (χ1n) is 18.9. The highest BCUT2D eigenvalue weighted by Crippen LogP contribution is 2.56.